The highest BCUT2D eigenvalue weighted by Gasteiger charge is 2.43. The molecule has 2 aromatic heterocycles. The lowest BCUT2D eigenvalue weighted by molar-refractivity contribution is 1.13. The molecule has 296 valence electrons. The fraction of sp³-hybridized carbons (Fsp3) is 0. The van der Waals surface area contributed by atoms with Crippen LogP contribution in [0.3, 0.4) is 0 Å². The van der Waals surface area contributed by atoms with Gasteiger partial charge >= 0.3 is 0 Å². The van der Waals surface area contributed by atoms with E-state index in [1.807, 2.05) is 0 Å². The number of nitrogens with zero attached hydrogens (tertiary/aromatic N) is 2. The summed E-state index contributed by atoms with van der Waals surface area (Å²) in [5.74, 6) is 0. The third-order valence-electron chi connectivity index (χ3n) is 13.1. The molecular weight excluding hydrogens is 777 g/mol. The summed E-state index contributed by atoms with van der Waals surface area (Å²) >= 11 is 0. The Hall–Kier alpha value is -7.98. The van der Waals surface area contributed by atoms with E-state index in [1.165, 1.54) is 86.6 Å². The van der Waals surface area contributed by atoms with Gasteiger partial charge in [0.05, 0.1) is 33.4 Å². The van der Waals surface area contributed by atoms with Crippen molar-refractivity contribution in [2.75, 3.05) is 0 Å². The van der Waals surface area contributed by atoms with Crippen molar-refractivity contribution in [2.24, 2.45) is 0 Å². The molecule has 0 unspecified atom stereocenters. The van der Waals surface area contributed by atoms with Gasteiger partial charge in [0, 0.05) is 27.1 Å². The summed E-state index contributed by atoms with van der Waals surface area (Å²) in [7, 11) is -2.91. The van der Waals surface area contributed by atoms with Crippen molar-refractivity contribution in [3.8, 4) is 33.6 Å². The molecule has 0 amide bonds. The van der Waals surface area contributed by atoms with E-state index in [0.717, 1.165) is 11.4 Å². The number of hydrogen-bond donors (Lipinski definition) is 0. The van der Waals surface area contributed by atoms with Crippen LogP contribution in [0.2, 0.25) is 0 Å². The van der Waals surface area contributed by atoms with Gasteiger partial charge in [-0.05, 0) is 67.8 Å². The minimum atomic E-state index is -2.91. The Morgan fingerprint density at radius 2 is 0.762 bits per heavy atom. The van der Waals surface area contributed by atoms with E-state index in [1.54, 1.807) is 0 Å². The van der Waals surface area contributed by atoms with Gasteiger partial charge in [-0.15, -0.1) is 0 Å². The van der Waals surface area contributed by atoms with E-state index in [-0.39, 0.29) is 0 Å². The van der Waals surface area contributed by atoms with Crippen LogP contribution >= 0.6 is 0 Å². The normalized spacial score (nSPS) is 11.8. The van der Waals surface area contributed by atoms with Crippen LogP contribution in [0.25, 0.3) is 77.2 Å². The smallest absolute Gasteiger partial charge is 0.180 e. The Morgan fingerprint density at radius 3 is 1.38 bits per heavy atom. The van der Waals surface area contributed by atoms with Gasteiger partial charge < -0.3 is 9.13 Å². The van der Waals surface area contributed by atoms with E-state index in [9.17, 15) is 0 Å². The number of fused-ring (bicyclic) bond motifs is 6. The number of benzene rings is 10. The molecule has 12 rings (SSSR count). The van der Waals surface area contributed by atoms with Crippen molar-refractivity contribution in [1.29, 1.82) is 0 Å². The first-order valence-corrected chi connectivity index (χ1v) is 23.8. The van der Waals surface area contributed by atoms with Gasteiger partial charge in [-0.2, -0.15) is 0 Å². The van der Waals surface area contributed by atoms with E-state index < -0.39 is 8.07 Å². The molecule has 0 spiro atoms. The molecule has 0 aliphatic heterocycles. The predicted octanol–water partition coefficient (Wildman–Crippen LogP) is 12.6. The second kappa shape index (κ2) is 15.2. The maximum Gasteiger partial charge on any atom is 0.180 e. The summed E-state index contributed by atoms with van der Waals surface area (Å²) in [5.41, 5.74) is 11.7. The van der Waals surface area contributed by atoms with Gasteiger partial charge in [0.15, 0.2) is 8.07 Å². The fourth-order valence-electron chi connectivity index (χ4n) is 10.4. The van der Waals surface area contributed by atoms with Crippen molar-refractivity contribution in [1.82, 2.24) is 9.13 Å². The predicted molar refractivity (Wildman–Crippen MR) is 270 cm³/mol. The summed E-state index contributed by atoms with van der Waals surface area (Å²) in [4.78, 5) is 0. The topological polar surface area (TPSA) is 9.86 Å². The van der Waals surface area contributed by atoms with Crippen molar-refractivity contribution in [3.63, 3.8) is 0 Å². The first kappa shape index (κ1) is 36.8. The SMILES string of the molecule is c1ccc(-c2ccc(-c3ccccc3)c(-n3c4ccccc4c4cccc(-n5c6ccccc6c6c([Si](c7ccccc7)(c7ccccc7)c7ccccc7)cccc65)c43)c2)cc1. The van der Waals surface area contributed by atoms with Crippen LogP contribution in [-0.2, 0) is 0 Å². The molecule has 0 saturated heterocycles. The Morgan fingerprint density at radius 1 is 0.286 bits per heavy atom. The molecule has 0 atom stereocenters. The maximum atomic E-state index is 2.55. The summed E-state index contributed by atoms with van der Waals surface area (Å²) < 4.78 is 5.09. The summed E-state index contributed by atoms with van der Waals surface area (Å²) in [6.45, 7) is 0. The molecule has 0 bridgehead atoms. The van der Waals surface area contributed by atoms with Crippen LogP contribution < -0.4 is 20.7 Å². The van der Waals surface area contributed by atoms with E-state index in [4.69, 9.17) is 0 Å². The van der Waals surface area contributed by atoms with Gasteiger partial charge in [0.1, 0.15) is 0 Å². The molecular formula is C60H42N2Si. The van der Waals surface area contributed by atoms with Gasteiger partial charge in [-0.3, -0.25) is 0 Å². The molecule has 0 aliphatic rings. The van der Waals surface area contributed by atoms with E-state index in [2.05, 4.69) is 264 Å². The molecule has 0 aliphatic carbocycles. The highest BCUT2D eigenvalue weighted by Crippen LogP contribution is 2.42. The van der Waals surface area contributed by atoms with Gasteiger partial charge in [-0.25, -0.2) is 0 Å². The van der Waals surface area contributed by atoms with Gasteiger partial charge in [0.25, 0.3) is 0 Å². The lowest BCUT2D eigenvalue weighted by Gasteiger charge is -2.35. The number of hydrogen-bond acceptors (Lipinski definition) is 0. The first-order valence-electron chi connectivity index (χ1n) is 21.8. The Kier molecular flexibility index (Phi) is 8.87. The standard InChI is InChI=1S/C60H42N2Si/c1-6-22-43(23-7-1)45-40-41-49(44-24-8-2-9-25-44)57(42-45)62-53-35-18-16-32-50(53)51-34-20-38-56(60(51)62)61-54-36-19-17-33-52(54)59-55(61)37-21-39-58(59)63(46-26-10-3-11-27-46,47-28-12-4-13-29-47)48-30-14-5-15-31-48/h1-42H. The largest absolute Gasteiger partial charge is 0.307 e. The minimum Gasteiger partial charge on any atom is -0.307 e. The maximum absolute atomic E-state index is 2.91. The van der Waals surface area contributed by atoms with Crippen LogP contribution in [0.15, 0.2) is 255 Å². The van der Waals surface area contributed by atoms with Gasteiger partial charge in [-0.1, -0.05) is 224 Å². The monoisotopic (exact) mass is 818 g/mol. The van der Waals surface area contributed by atoms with Crippen molar-refractivity contribution >= 4 is 72.4 Å². The summed E-state index contributed by atoms with van der Waals surface area (Å²) in [6.07, 6.45) is 0. The molecule has 2 heterocycles. The molecule has 2 nitrogen and oxygen atoms in total. The Balaban J connectivity index is 1.23. The molecule has 0 saturated carbocycles. The van der Waals surface area contributed by atoms with Crippen LogP contribution in [0, 0.1) is 0 Å². The van der Waals surface area contributed by atoms with Crippen LogP contribution in [0.5, 0.6) is 0 Å². The van der Waals surface area contributed by atoms with Crippen LogP contribution in [-0.4, -0.2) is 17.2 Å². The van der Waals surface area contributed by atoms with E-state index in [0.29, 0.717) is 0 Å². The van der Waals surface area contributed by atoms with Crippen LogP contribution in [0.4, 0.5) is 0 Å². The number of para-hydroxylation sites is 3. The third kappa shape index (κ3) is 5.78. The van der Waals surface area contributed by atoms with Crippen LogP contribution in [0.1, 0.15) is 0 Å². The Labute approximate surface area is 368 Å². The average Bonchev–Trinajstić information content (AvgIpc) is 3.89. The molecule has 10 aromatic carbocycles. The minimum absolute atomic E-state index is 1.14. The summed E-state index contributed by atoms with van der Waals surface area (Å²) in [6, 6.07) is 94.3. The second-order valence-corrected chi connectivity index (χ2v) is 20.2. The van der Waals surface area contributed by atoms with Crippen molar-refractivity contribution < 1.29 is 0 Å². The third-order valence-corrected chi connectivity index (χ3v) is 17.9. The highest BCUT2D eigenvalue weighted by atomic mass is 28.3. The highest BCUT2D eigenvalue weighted by molar-refractivity contribution is 7.20. The zero-order valence-electron chi connectivity index (χ0n) is 34.6. The van der Waals surface area contributed by atoms with E-state index >= 15 is 0 Å². The molecule has 0 radical (unpaired) electrons. The molecule has 0 fully saturated rings. The summed E-state index contributed by atoms with van der Waals surface area (Å²) in [5, 5.41) is 10.5. The first-order chi connectivity index (χ1) is 31.3. The second-order valence-electron chi connectivity index (χ2n) is 16.4. The fourth-order valence-corrected chi connectivity index (χ4v) is 15.4. The number of aromatic nitrogens is 2. The molecule has 3 heteroatoms. The molecule has 63 heavy (non-hydrogen) atoms. The molecule has 0 N–H and O–H groups in total. The zero-order chi connectivity index (χ0) is 41.7. The van der Waals surface area contributed by atoms with Crippen molar-refractivity contribution in [2.45, 2.75) is 0 Å². The zero-order valence-corrected chi connectivity index (χ0v) is 35.6. The van der Waals surface area contributed by atoms with Crippen molar-refractivity contribution in [3.05, 3.63) is 255 Å². The number of rotatable bonds is 8. The van der Waals surface area contributed by atoms with Gasteiger partial charge in [0.2, 0.25) is 0 Å². The molecule has 12 aromatic rings. The quantitative estimate of drug-likeness (QED) is 0.107. The average molecular weight is 819 g/mol. The lowest BCUT2D eigenvalue weighted by Crippen LogP contribution is -2.74. The Bertz CT molecular complexity index is 3500. The lowest BCUT2D eigenvalue weighted by atomic mass is 9.98.